The highest BCUT2D eigenvalue weighted by Gasteiger charge is 2.10. The van der Waals surface area contributed by atoms with E-state index in [0.717, 1.165) is 43.5 Å². The van der Waals surface area contributed by atoms with Crippen LogP contribution in [0.25, 0.3) is 0 Å². The molecule has 1 rings (SSSR count). The average molecular weight is 245 g/mol. The van der Waals surface area contributed by atoms with Crippen molar-refractivity contribution >= 4 is 16.5 Å². The van der Waals surface area contributed by atoms with Crippen LogP contribution in [-0.2, 0) is 11.3 Å². The van der Waals surface area contributed by atoms with Gasteiger partial charge in [-0.15, -0.1) is 5.10 Å². The molecular formula is C9H19N5OS. The summed E-state index contributed by atoms with van der Waals surface area (Å²) in [5, 5.41) is 4.88. The summed E-state index contributed by atoms with van der Waals surface area (Å²) in [6, 6.07) is 0. The Hall–Kier alpha value is -0.760. The number of hydrazine groups is 1. The highest BCUT2D eigenvalue weighted by molar-refractivity contribution is 7.10. The molecule has 0 aromatic carbocycles. The highest BCUT2D eigenvalue weighted by atomic mass is 32.1. The second-order valence-corrected chi connectivity index (χ2v) is 4.01. The molecule has 0 radical (unpaired) electrons. The van der Waals surface area contributed by atoms with Gasteiger partial charge in [0.2, 0.25) is 0 Å². The van der Waals surface area contributed by atoms with Crippen LogP contribution in [0.15, 0.2) is 0 Å². The Kier molecular flexibility index (Phi) is 6.24. The Bertz CT molecular complexity index is 293. The lowest BCUT2D eigenvalue weighted by Crippen LogP contribution is -2.27. The van der Waals surface area contributed by atoms with Crippen LogP contribution < -0.4 is 11.3 Å². The Morgan fingerprint density at radius 3 is 2.94 bits per heavy atom. The van der Waals surface area contributed by atoms with Gasteiger partial charge in [-0.1, -0.05) is 11.4 Å². The number of nitrogen functional groups attached to an aromatic ring is 1. The second-order valence-electron chi connectivity index (χ2n) is 3.26. The van der Waals surface area contributed by atoms with Crippen LogP contribution in [0.2, 0.25) is 0 Å². The zero-order chi connectivity index (χ0) is 11.8. The molecule has 6 nitrogen and oxygen atoms in total. The normalized spacial score (nSPS) is 11.0. The highest BCUT2D eigenvalue weighted by Crippen LogP contribution is 2.17. The molecule has 0 aliphatic carbocycles. The third-order valence-electron chi connectivity index (χ3n) is 2.26. The standard InChI is InChI=1S/C9H19N5OS/c1-3-14(5-6-15-4-2)7-8-9(11-10)16-13-12-8/h11H,3-7,10H2,1-2H3. The minimum atomic E-state index is 0.743. The van der Waals surface area contributed by atoms with E-state index in [2.05, 4.69) is 26.8 Å². The van der Waals surface area contributed by atoms with Gasteiger partial charge in [-0.25, -0.2) is 5.84 Å². The van der Waals surface area contributed by atoms with E-state index in [0.29, 0.717) is 0 Å². The molecular weight excluding hydrogens is 226 g/mol. The van der Waals surface area contributed by atoms with Crippen LogP contribution >= 0.6 is 11.5 Å². The molecule has 16 heavy (non-hydrogen) atoms. The zero-order valence-corrected chi connectivity index (χ0v) is 10.6. The maximum absolute atomic E-state index is 5.37. The SMILES string of the molecule is CCOCCN(CC)Cc1nnsc1NN. The number of anilines is 1. The van der Waals surface area contributed by atoms with Gasteiger partial charge in [-0.2, -0.15) is 0 Å². The van der Waals surface area contributed by atoms with E-state index in [1.807, 2.05) is 6.92 Å². The maximum atomic E-state index is 5.37. The molecule has 0 fully saturated rings. The first kappa shape index (κ1) is 13.3. The summed E-state index contributed by atoms with van der Waals surface area (Å²) in [4.78, 5) is 2.24. The fourth-order valence-corrected chi connectivity index (χ4v) is 1.80. The molecule has 0 saturated carbocycles. The number of nitrogens with two attached hydrogens (primary N) is 1. The Morgan fingerprint density at radius 1 is 1.50 bits per heavy atom. The van der Waals surface area contributed by atoms with Crippen molar-refractivity contribution < 1.29 is 4.74 Å². The van der Waals surface area contributed by atoms with Gasteiger partial charge >= 0.3 is 0 Å². The van der Waals surface area contributed by atoms with E-state index in [4.69, 9.17) is 10.6 Å². The number of aromatic nitrogens is 2. The van der Waals surface area contributed by atoms with Crippen molar-refractivity contribution in [3.8, 4) is 0 Å². The minimum Gasteiger partial charge on any atom is -0.380 e. The predicted molar refractivity (Wildman–Crippen MR) is 65.2 cm³/mol. The third kappa shape index (κ3) is 4.01. The molecule has 1 aromatic rings. The van der Waals surface area contributed by atoms with Gasteiger partial charge in [0, 0.05) is 31.2 Å². The molecule has 7 heteroatoms. The summed E-state index contributed by atoms with van der Waals surface area (Å²) in [7, 11) is 0. The molecule has 92 valence electrons. The van der Waals surface area contributed by atoms with Crippen LogP contribution in [0.5, 0.6) is 0 Å². The summed E-state index contributed by atoms with van der Waals surface area (Å²) in [6.45, 7) is 8.21. The van der Waals surface area contributed by atoms with Crippen molar-refractivity contribution in [2.75, 3.05) is 31.7 Å². The second kappa shape index (κ2) is 7.50. The van der Waals surface area contributed by atoms with Crippen LogP contribution in [-0.4, -0.2) is 40.8 Å². The summed E-state index contributed by atoms with van der Waals surface area (Å²) >= 11 is 1.28. The van der Waals surface area contributed by atoms with Crippen LogP contribution in [0.1, 0.15) is 19.5 Å². The van der Waals surface area contributed by atoms with E-state index in [1.54, 1.807) is 0 Å². The van der Waals surface area contributed by atoms with Crippen molar-refractivity contribution in [2.45, 2.75) is 20.4 Å². The molecule has 0 amide bonds. The van der Waals surface area contributed by atoms with Crippen LogP contribution in [0.3, 0.4) is 0 Å². The van der Waals surface area contributed by atoms with E-state index in [9.17, 15) is 0 Å². The lowest BCUT2D eigenvalue weighted by atomic mass is 10.4. The van der Waals surface area contributed by atoms with Crippen LogP contribution in [0, 0.1) is 0 Å². The summed E-state index contributed by atoms with van der Waals surface area (Å²) in [5.41, 5.74) is 3.50. The van der Waals surface area contributed by atoms with Gasteiger partial charge in [0.05, 0.1) is 6.61 Å². The molecule has 1 aromatic heterocycles. The zero-order valence-electron chi connectivity index (χ0n) is 9.77. The molecule has 3 N–H and O–H groups in total. The van der Waals surface area contributed by atoms with Crippen LogP contribution in [0.4, 0.5) is 5.00 Å². The quantitative estimate of drug-likeness (QED) is 0.398. The number of likely N-dealkylation sites (N-methyl/N-ethyl adjacent to an activating group) is 1. The first-order valence-corrected chi connectivity index (χ1v) is 6.17. The average Bonchev–Trinajstić information content (AvgIpc) is 2.75. The first-order valence-electron chi connectivity index (χ1n) is 5.39. The third-order valence-corrected chi connectivity index (χ3v) is 2.96. The van der Waals surface area contributed by atoms with Crippen molar-refractivity contribution in [3.63, 3.8) is 0 Å². The number of nitrogens with one attached hydrogen (secondary N) is 1. The van der Waals surface area contributed by atoms with Crippen molar-refractivity contribution in [1.82, 2.24) is 14.5 Å². The van der Waals surface area contributed by atoms with Gasteiger partial charge in [-0.3, -0.25) is 4.90 Å². The van der Waals surface area contributed by atoms with Crippen molar-refractivity contribution in [1.29, 1.82) is 0 Å². The summed E-state index contributed by atoms with van der Waals surface area (Å²) < 4.78 is 9.19. The molecule has 0 atom stereocenters. The predicted octanol–water partition coefficient (Wildman–Crippen LogP) is 0.682. The molecule has 0 spiro atoms. The number of nitrogens with zero attached hydrogens (tertiary/aromatic N) is 3. The van der Waals surface area contributed by atoms with Gasteiger partial charge in [0.1, 0.15) is 10.7 Å². The molecule has 1 heterocycles. The topological polar surface area (TPSA) is 76.3 Å². The maximum Gasteiger partial charge on any atom is 0.148 e. The number of hydrogen-bond donors (Lipinski definition) is 2. The number of rotatable bonds is 8. The Balaban J connectivity index is 2.43. The van der Waals surface area contributed by atoms with Gasteiger partial charge in [-0.05, 0) is 13.5 Å². The molecule has 0 aliphatic rings. The fraction of sp³-hybridized carbons (Fsp3) is 0.778. The van der Waals surface area contributed by atoms with E-state index < -0.39 is 0 Å². The van der Waals surface area contributed by atoms with E-state index in [1.165, 1.54) is 11.5 Å². The van der Waals surface area contributed by atoms with E-state index >= 15 is 0 Å². The Labute approximate surface area is 99.9 Å². The lowest BCUT2D eigenvalue weighted by Gasteiger charge is -2.19. The van der Waals surface area contributed by atoms with Gasteiger partial charge < -0.3 is 10.2 Å². The van der Waals surface area contributed by atoms with E-state index in [-0.39, 0.29) is 0 Å². The molecule has 0 bridgehead atoms. The lowest BCUT2D eigenvalue weighted by molar-refractivity contribution is 0.112. The summed E-state index contributed by atoms with van der Waals surface area (Å²) in [6.07, 6.45) is 0. The largest absolute Gasteiger partial charge is 0.380 e. The van der Waals surface area contributed by atoms with Crippen molar-refractivity contribution in [2.24, 2.45) is 5.84 Å². The number of ether oxygens (including phenoxy) is 1. The minimum absolute atomic E-state index is 0.743. The Morgan fingerprint density at radius 2 is 2.31 bits per heavy atom. The smallest absolute Gasteiger partial charge is 0.148 e. The van der Waals surface area contributed by atoms with Gasteiger partial charge in [0.25, 0.3) is 0 Å². The van der Waals surface area contributed by atoms with Gasteiger partial charge in [0.15, 0.2) is 0 Å². The molecule has 0 saturated heterocycles. The molecule has 0 aliphatic heterocycles. The van der Waals surface area contributed by atoms with Crippen molar-refractivity contribution in [3.05, 3.63) is 5.69 Å². The monoisotopic (exact) mass is 245 g/mol. The first-order chi connectivity index (χ1) is 7.81. The molecule has 0 unspecified atom stereocenters. The fourth-order valence-electron chi connectivity index (χ4n) is 1.32. The number of hydrogen-bond acceptors (Lipinski definition) is 7. The summed E-state index contributed by atoms with van der Waals surface area (Å²) in [5.74, 6) is 5.37.